The van der Waals surface area contributed by atoms with E-state index in [1.807, 2.05) is 0 Å². The van der Waals surface area contributed by atoms with Crippen LogP contribution in [0.15, 0.2) is 12.2 Å². The third-order valence-electron chi connectivity index (χ3n) is 5.31. The Labute approximate surface area is 109 Å². The fourth-order valence-electron chi connectivity index (χ4n) is 4.13. The van der Waals surface area contributed by atoms with Gasteiger partial charge in [-0.05, 0) is 50.4 Å². The zero-order valence-corrected chi connectivity index (χ0v) is 10.9. The third kappa shape index (κ3) is 1.99. The van der Waals surface area contributed by atoms with Crippen LogP contribution in [0.2, 0.25) is 0 Å². The van der Waals surface area contributed by atoms with Gasteiger partial charge in [0.1, 0.15) is 0 Å². The van der Waals surface area contributed by atoms with Gasteiger partial charge in [0.15, 0.2) is 0 Å². The summed E-state index contributed by atoms with van der Waals surface area (Å²) in [6, 6.07) is 0. The van der Waals surface area contributed by atoms with E-state index in [9.17, 15) is 9.90 Å². The monoisotopic (exact) mass is 249 g/mol. The molecule has 1 unspecified atom stereocenters. The molecule has 3 aliphatic rings. The summed E-state index contributed by atoms with van der Waals surface area (Å²) in [5, 5.41) is 13.8. The topological polar surface area (TPSA) is 49.3 Å². The molecule has 2 fully saturated rings. The molecule has 3 nitrogen and oxygen atoms in total. The molecule has 100 valence electrons. The summed E-state index contributed by atoms with van der Waals surface area (Å²) in [4.78, 5) is 12.0. The molecule has 2 N–H and O–H groups in total. The van der Waals surface area contributed by atoms with Gasteiger partial charge in [-0.2, -0.15) is 0 Å². The highest BCUT2D eigenvalue weighted by atomic mass is 16.3. The van der Waals surface area contributed by atoms with Crippen LogP contribution < -0.4 is 5.32 Å². The number of carbonyl (C=O) groups is 1. The van der Waals surface area contributed by atoms with Gasteiger partial charge in [-0.15, -0.1) is 0 Å². The minimum absolute atomic E-state index is 0.106. The number of hydrogen-bond acceptors (Lipinski definition) is 2. The van der Waals surface area contributed by atoms with E-state index in [2.05, 4.69) is 17.5 Å². The van der Waals surface area contributed by atoms with Crippen molar-refractivity contribution in [3.05, 3.63) is 12.2 Å². The molecule has 0 spiro atoms. The fourth-order valence-corrected chi connectivity index (χ4v) is 4.13. The van der Waals surface area contributed by atoms with E-state index in [4.69, 9.17) is 0 Å². The van der Waals surface area contributed by atoms with E-state index in [0.717, 1.165) is 38.5 Å². The SMILES string of the molecule is O=C(NC[C@@]1(O)C2CCC[C@@H]1CC2)C1CC=CC1. The van der Waals surface area contributed by atoms with E-state index >= 15 is 0 Å². The van der Waals surface area contributed by atoms with E-state index < -0.39 is 5.60 Å². The van der Waals surface area contributed by atoms with Gasteiger partial charge < -0.3 is 10.4 Å². The number of aliphatic hydroxyl groups is 1. The Hall–Kier alpha value is -0.830. The first-order chi connectivity index (χ1) is 8.70. The largest absolute Gasteiger partial charge is 0.387 e. The molecule has 3 atom stereocenters. The third-order valence-corrected chi connectivity index (χ3v) is 5.31. The molecule has 3 heteroatoms. The van der Waals surface area contributed by atoms with E-state index in [0.29, 0.717) is 18.4 Å². The molecule has 0 aliphatic heterocycles. The van der Waals surface area contributed by atoms with Crippen LogP contribution in [0, 0.1) is 17.8 Å². The van der Waals surface area contributed by atoms with Gasteiger partial charge in [0.25, 0.3) is 0 Å². The summed E-state index contributed by atoms with van der Waals surface area (Å²) < 4.78 is 0. The summed E-state index contributed by atoms with van der Waals surface area (Å²) in [7, 11) is 0. The number of rotatable bonds is 3. The van der Waals surface area contributed by atoms with Crippen LogP contribution in [-0.2, 0) is 4.79 Å². The highest BCUT2D eigenvalue weighted by Gasteiger charge is 2.50. The van der Waals surface area contributed by atoms with Gasteiger partial charge in [-0.25, -0.2) is 0 Å². The number of fused-ring (bicyclic) bond motifs is 2. The fraction of sp³-hybridized carbons (Fsp3) is 0.800. The van der Waals surface area contributed by atoms with Gasteiger partial charge in [-0.3, -0.25) is 4.79 Å². The highest BCUT2D eigenvalue weighted by Crippen LogP contribution is 2.49. The highest BCUT2D eigenvalue weighted by molar-refractivity contribution is 5.79. The molecule has 3 rings (SSSR count). The van der Waals surface area contributed by atoms with Crippen molar-refractivity contribution in [2.24, 2.45) is 17.8 Å². The lowest BCUT2D eigenvalue weighted by molar-refractivity contribution is -0.127. The zero-order chi connectivity index (χ0) is 12.6. The van der Waals surface area contributed by atoms with Crippen molar-refractivity contribution in [3.63, 3.8) is 0 Å². The average molecular weight is 249 g/mol. The van der Waals surface area contributed by atoms with Crippen LogP contribution in [0.1, 0.15) is 44.9 Å². The lowest BCUT2D eigenvalue weighted by atomic mass is 9.74. The van der Waals surface area contributed by atoms with Gasteiger partial charge >= 0.3 is 0 Å². The number of allylic oxidation sites excluding steroid dienone is 2. The molecule has 0 saturated heterocycles. The van der Waals surface area contributed by atoms with Crippen molar-refractivity contribution >= 4 is 5.91 Å². The second-order valence-electron chi connectivity index (χ2n) is 6.25. The second-order valence-corrected chi connectivity index (χ2v) is 6.25. The summed E-state index contributed by atoms with van der Waals surface area (Å²) in [6.45, 7) is 0.470. The standard InChI is InChI=1S/C15H23NO2/c17-14(11-4-1-2-5-11)16-10-15(18)12-6-3-7-13(15)9-8-12/h1-2,11-13,18H,3-10H2,(H,16,17)/t12-,13?,15+/m1/s1. The van der Waals surface area contributed by atoms with Crippen LogP contribution in [0.5, 0.6) is 0 Å². The van der Waals surface area contributed by atoms with Gasteiger partial charge in [-0.1, -0.05) is 18.6 Å². The van der Waals surface area contributed by atoms with Crippen molar-refractivity contribution in [1.29, 1.82) is 0 Å². The first-order valence-corrected chi connectivity index (χ1v) is 7.35. The van der Waals surface area contributed by atoms with Crippen LogP contribution in [0.3, 0.4) is 0 Å². The van der Waals surface area contributed by atoms with Crippen molar-refractivity contribution in [1.82, 2.24) is 5.32 Å². The Morgan fingerprint density at radius 3 is 2.39 bits per heavy atom. The molecule has 0 aromatic rings. The van der Waals surface area contributed by atoms with Crippen LogP contribution in [0.25, 0.3) is 0 Å². The molecule has 1 amide bonds. The van der Waals surface area contributed by atoms with Crippen LogP contribution in [-0.4, -0.2) is 23.2 Å². The lowest BCUT2D eigenvalue weighted by Crippen LogP contribution is -2.52. The number of carbonyl (C=O) groups excluding carboxylic acids is 1. The van der Waals surface area contributed by atoms with Crippen molar-refractivity contribution < 1.29 is 9.90 Å². The Morgan fingerprint density at radius 2 is 1.78 bits per heavy atom. The normalized spacial score (nSPS) is 39.2. The maximum atomic E-state index is 12.0. The Morgan fingerprint density at radius 1 is 1.17 bits per heavy atom. The lowest BCUT2D eigenvalue weighted by Gasteiger charge is -2.39. The number of amides is 1. The number of hydrogen-bond donors (Lipinski definition) is 2. The molecule has 0 radical (unpaired) electrons. The molecule has 0 heterocycles. The summed E-state index contributed by atoms with van der Waals surface area (Å²) >= 11 is 0. The minimum Gasteiger partial charge on any atom is -0.387 e. The van der Waals surface area contributed by atoms with Gasteiger partial charge in [0.05, 0.1) is 5.60 Å². The summed E-state index contributed by atoms with van der Waals surface area (Å²) in [5.74, 6) is 1.06. The molecule has 2 bridgehead atoms. The van der Waals surface area contributed by atoms with Gasteiger partial charge in [0.2, 0.25) is 5.91 Å². The maximum absolute atomic E-state index is 12.0. The molecule has 0 aromatic carbocycles. The van der Waals surface area contributed by atoms with Crippen LogP contribution in [0.4, 0.5) is 0 Å². The smallest absolute Gasteiger partial charge is 0.223 e. The molecule has 2 saturated carbocycles. The zero-order valence-electron chi connectivity index (χ0n) is 10.9. The first kappa shape index (κ1) is 12.2. The van der Waals surface area contributed by atoms with Crippen molar-refractivity contribution in [3.8, 4) is 0 Å². The van der Waals surface area contributed by atoms with E-state index in [1.54, 1.807) is 0 Å². The molecule has 18 heavy (non-hydrogen) atoms. The Bertz CT molecular complexity index is 340. The van der Waals surface area contributed by atoms with E-state index in [-0.39, 0.29) is 11.8 Å². The summed E-state index contributed by atoms with van der Waals surface area (Å²) in [6.07, 6.45) is 11.7. The van der Waals surface area contributed by atoms with Crippen molar-refractivity contribution in [2.45, 2.75) is 50.5 Å². The molecule has 3 aliphatic carbocycles. The minimum atomic E-state index is -0.611. The Balaban J connectivity index is 1.57. The molecule has 0 aromatic heterocycles. The first-order valence-electron chi connectivity index (χ1n) is 7.35. The Kier molecular flexibility index (Phi) is 3.18. The molecular formula is C15H23NO2. The van der Waals surface area contributed by atoms with Crippen LogP contribution >= 0.6 is 0 Å². The van der Waals surface area contributed by atoms with E-state index in [1.165, 1.54) is 6.42 Å². The second kappa shape index (κ2) is 4.69. The van der Waals surface area contributed by atoms with Gasteiger partial charge in [0, 0.05) is 12.5 Å². The average Bonchev–Trinajstić information content (AvgIpc) is 2.91. The maximum Gasteiger partial charge on any atom is 0.223 e. The number of nitrogens with one attached hydrogen (secondary N) is 1. The quantitative estimate of drug-likeness (QED) is 0.752. The summed E-state index contributed by atoms with van der Waals surface area (Å²) in [5.41, 5.74) is -0.611. The van der Waals surface area contributed by atoms with Crippen molar-refractivity contribution in [2.75, 3.05) is 6.54 Å². The predicted molar refractivity (Wildman–Crippen MR) is 69.9 cm³/mol. The predicted octanol–water partition coefficient (Wildman–Crippen LogP) is 2.01. The molecular weight excluding hydrogens is 226 g/mol.